The van der Waals surface area contributed by atoms with E-state index in [9.17, 15) is 9.59 Å². The minimum Gasteiger partial charge on any atom is -0.497 e. The number of fused-ring (bicyclic) bond motifs is 1. The van der Waals surface area contributed by atoms with Crippen molar-refractivity contribution in [3.05, 3.63) is 94.3 Å². The first-order valence-corrected chi connectivity index (χ1v) is 11.7. The number of hydrogen-bond acceptors (Lipinski definition) is 6. The highest BCUT2D eigenvalue weighted by molar-refractivity contribution is 7.10. The number of carbonyl (C=O) groups excluding carboxylic acids is 2. The van der Waals surface area contributed by atoms with Gasteiger partial charge in [-0.25, -0.2) is 4.98 Å². The van der Waals surface area contributed by atoms with E-state index in [0.29, 0.717) is 22.7 Å². The Morgan fingerprint density at radius 1 is 1.09 bits per heavy atom. The van der Waals surface area contributed by atoms with E-state index in [1.807, 2.05) is 41.8 Å². The molecule has 1 aromatic heterocycles. The second kappa shape index (κ2) is 9.49. The molecule has 2 heterocycles. The maximum absolute atomic E-state index is 13.0. The number of Topliss-reactive ketones (excluding diaryl/α,β-unsaturated/α-hetero) is 1. The average molecular weight is 471 g/mol. The highest BCUT2D eigenvalue weighted by atomic mass is 32.1. The maximum atomic E-state index is 13.0. The van der Waals surface area contributed by atoms with Gasteiger partial charge in [-0.1, -0.05) is 42.5 Å². The van der Waals surface area contributed by atoms with Crippen LogP contribution in [0.4, 0.5) is 5.69 Å². The largest absolute Gasteiger partial charge is 0.497 e. The smallest absolute Gasteiger partial charge is 0.265 e. The molecule has 0 aliphatic carbocycles. The summed E-state index contributed by atoms with van der Waals surface area (Å²) in [7, 11) is 1.55. The maximum Gasteiger partial charge on any atom is 0.265 e. The molecule has 0 radical (unpaired) electrons. The molecule has 170 valence electrons. The Hall–Kier alpha value is -3.97. The van der Waals surface area contributed by atoms with Crippen LogP contribution >= 0.6 is 11.3 Å². The molecule has 0 unspecified atom stereocenters. The molecule has 0 N–H and O–H groups in total. The molecular formula is C27H22N2O4S. The van der Waals surface area contributed by atoms with Crippen molar-refractivity contribution in [2.24, 2.45) is 0 Å². The van der Waals surface area contributed by atoms with Crippen LogP contribution in [0.3, 0.4) is 0 Å². The first-order valence-electron chi connectivity index (χ1n) is 10.8. The molecule has 0 atom stereocenters. The van der Waals surface area contributed by atoms with E-state index in [2.05, 4.69) is 12.1 Å². The van der Waals surface area contributed by atoms with E-state index in [1.165, 1.54) is 10.5 Å². The van der Waals surface area contributed by atoms with Gasteiger partial charge in [0.05, 0.1) is 30.0 Å². The molecule has 1 amide bonds. The Morgan fingerprint density at radius 3 is 2.76 bits per heavy atom. The van der Waals surface area contributed by atoms with Gasteiger partial charge in [0.2, 0.25) is 0 Å². The Balaban J connectivity index is 1.40. The number of anilines is 1. The third-order valence-corrected chi connectivity index (χ3v) is 6.49. The van der Waals surface area contributed by atoms with Gasteiger partial charge in [0, 0.05) is 22.9 Å². The third-order valence-electron chi connectivity index (χ3n) is 5.64. The normalized spacial score (nSPS) is 12.7. The van der Waals surface area contributed by atoms with Gasteiger partial charge in [0.15, 0.2) is 12.4 Å². The van der Waals surface area contributed by atoms with E-state index in [4.69, 9.17) is 14.5 Å². The topological polar surface area (TPSA) is 68.7 Å². The summed E-state index contributed by atoms with van der Waals surface area (Å²) in [6.45, 7) is -0.183. The zero-order valence-electron chi connectivity index (χ0n) is 18.6. The number of thiazole rings is 1. The fourth-order valence-corrected chi connectivity index (χ4v) is 4.70. The molecular weight excluding hydrogens is 448 g/mol. The molecule has 6 nitrogen and oxygen atoms in total. The number of nitrogens with zero attached hydrogens (tertiary/aromatic N) is 2. The lowest BCUT2D eigenvalue weighted by atomic mass is 10.1. The first-order chi connectivity index (χ1) is 16.6. The summed E-state index contributed by atoms with van der Waals surface area (Å²) in [4.78, 5) is 32.0. The second-order valence-corrected chi connectivity index (χ2v) is 8.84. The zero-order chi connectivity index (χ0) is 23.5. The SMILES string of the molecule is COc1cccc(C(=O)CN2C(=O)COc3ccc(-c4csc(Cc5ccccc5)n4)cc32)c1. The Morgan fingerprint density at radius 2 is 1.94 bits per heavy atom. The number of benzene rings is 3. The molecule has 0 spiro atoms. The molecule has 34 heavy (non-hydrogen) atoms. The number of rotatable bonds is 7. The lowest BCUT2D eigenvalue weighted by Gasteiger charge is -2.29. The van der Waals surface area contributed by atoms with E-state index in [-0.39, 0.29) is 24.8 Å². The summed E-state index contributed by atoms with van der Waals surface area (Å²) >= 11 is 1.60. The molecule has 0 saturated heterocycles. The van der Waals surface area contributed by atoms with E-state index < -0.39 is 0 Å². The van der Waals surface area contributed by atoms with E-state index in [1.54, 1.807) is 42.7 Å². The highest BCUT2D eigenvalue weighted by Gasteiger charge is 2.28. The van der Waals surface area contributed by atoms with Crippen molar-refractivity contribution in [3.63, 3.8) is 0 Å². The van der Waals surface area contributed by atoms with Crippen LogP contribution in [0.1, 0.15) is 20.9 Å². The number of methoxy groups -OCH3 is 1. The molecule has 0 fully saturated rings. The van der Waals surface area contributed by atoms with Crippen LogP contribution in [-0.2, 0) is 11.2 Å². The monoisotopic (exact) mass is 470 g/mol. The van der Waals surface area contributed by atoms with Gasteiger partial charge in [-0.2, -0.15) is 0 Å². The summed E-state index contributed by atoms with van der Waals surface area (Å²) in [5.41, 5.74) is 3.96. The quantitative estimate of drug-likeness (QED) is 0.355. The number of ether oxygens (including phenoxy) is 2. The van der Waals surface area contributed by atoms with Gasteiger partial charge in [0.25, 0.3) is 5.91 Å². The van der Waals surface area contributed by atoms with Crippen molar-refractivity contribution in [2.75, 3.05) is 25.2 Å². The summed E-state index contributed by atoms with van der Waals surface area (Å²) in [6.07, 6.45) is 0.763. The Bertz CT molecular complexity index is 1350. The van der Waals surface area contributed by atoms with Gasteiger partial charge in [-0.05, 0) is 35.9 Å². The van der Waals surface area contributed by atoms with Crippen LogP contribution in [-0.4, -0.2) is 36.9 Å². The van der Waals surface area contributed by atoms with E-state index in [0.717, 1.165) is 22.7 Å². The summed E-state index contributed by atoms with van der Waals surface area (Å²) in [6, 6.07) is 22.8. The molecule has 4 aromatic rings. The van der Waals surface area contributed by atoms with Crippen LogP contribution < -0.4 is 14.4 Å². The van der Waals surface area contributed by atoms with Gasteiger partial charge < -0.3 is 9.47 Å². The number of amides is 1. The molecule has 3 aromatic carbocycles. The minimum absolute atomic E-state index is 0.0812. The fourth-order valence-electron chi connectivity index (χ4n) is 3.86. The number of hydrogen-bond donors (Lipinski definition) is 0. The fraction of sp³-hybridized carbons (Fsp3) is 0.148. The van der Waals surface area contributed by atoms with Gasteiger partial charge in [-0.3, -0.25) is 14.5 Å². The summed E-state index contributed by atoms with van der Waals surface area (Å²) < 4.78 is 10.8. The van der Waals surface area contributed by atoms with E-state index >= 15 is 0 Å². The molecule has 5 rings (SSSR count). The summed E-state index contributed by atoms with van der Waals surface area (Å²) in [5.74, 6) is 0.728. The predicted molar refractivity (Wildman–Crippen MR) is 132 cm³/mol. The highest BCUT2D eigenvalue weighted by Crippen LogP contribution is 2.36. The molecule has 1 aliphatic heterocycles. The Labute approximate surface area is 201 Å². The minimum atomic E-state index is -0.260. The van der Waals surface area contributed by atoms with Crippen molar-refractivity contribution in [1.29, 1.82) is 0 Å². The van der Waals surface area contributed by atoms with Crippen LogP contribution in [0.2, 0.25) is 0 Å². The van der Waals surface area contributed by atoms with Crippen molar-refractivity contribution in [2.45, 2.75) is 6.42 Å². The first kappa shape index (κ1) is 21.9. The van der Waals surface area contributed by atoms with Gasteiger partial charge >= 0.3 is 0 Å². The van der Waals surface area contributed by atoms with Crippen LogP contribution in [0.25, 0.3) is 11.3 Å². The molecule has 0 bridgehead atoms. The molecule has 7 heteroatoms. The average Bonchev–Trinajstić information content (AvgIpc) is 3.34. The van der Waals surface area contributed by atoms with Crippen LogP contribution in [0.5, 0.6) is 11.5 Å². The third kappa shape index (κ3) is 4.56. The summed E-state index contributed by atoms with van der Waals surface area (Å²) in [5, 5.41) is 3.02. The van der Waals surface area contributed by atoms with Crippen molar-refractivity contribution >= 4 is 28.7 Å². The van der Waals surface area contributed by atoms with Gasteiger partial charge in [-0.15, -0.1) is 11.3 Å². The zero-order valence-corrected chi connectivity index (χ0v) is 19.4. The number of aromatic nitrogens is 1. The lowest BCUT2D eigenvalue weighted by molar-refractivity contribution is -0.121. The van der Waals surface area contributed by atoms with Gasteiger partial charge in [0.1, 0.15) is 11.5 Å². The second-order valence-electron chi connectivity index (χ2n) is 7.90. The number of carbonyl (C=O) groups is 2. The molecule has 0 saturated carbocycles. The lowest BCUT2D eigenvalue weighted by Crippen LogP contribution is -2.42. The standard InChI is InChI=1S/C27H22N2O4S/c1-32-21-9-5-8-20(13-21)24(30)15-29-23-14-19(10-11-25(23)33-16-27(29)31)22-17-34-26(28-22)12-18-6-3-2-4-7-18/h2-11,13-14,17H,12,15-16H2,1H3. The van der Waals surface area contributed by atoms with Crippen molar-refractivity contribution < 1.29 is 19.1 Å². The molecule has 1 aliphatic rings. The Kier molecular flexibility index (Phi) is 6.10. The number of ketones is 1. The van der Waals surface area contributed by atoms with Crippen LogP contribution in [0.15, 0.2) is 78.2 Å². The van der Waals surface area contributed by atoms with Crippen LogP contribution in [0, 0.1) is 0 Å². The van der Waals surface area contributed by atoms with Crippen molar-refractivity contribution in [3.8, 4) is 22.8 Å². The van der Waals surface area contributed by atoms with Crippen molar-refractivity contribution in [1.82, 2.24) is 4.98 Å². The predicted octanol–water partition coefficient (Wildman–Crippen LogP) is 5.02.